The predicted octanol–water partition coefficient (Wildman–Crippen LogP) is 5.49. The van der Waals surface area contributed by atoms with E-state index < -0.39 is 0 Å². The molecule has 0 spiro atoms. The molecule has 0 radical (unpaired) electrons. The van der Waals surface area contributed by atoms with E-state index in [1.54, 1.807) is 11.3 Å². The van der Waals surface area contributed by atoms with E-state index in [0.29, 0.717) is 30.4 Å². The van der Waals surface area contributed by atoms with Crippen LogP contribution >= 0.6 is 11.3 Å². The van der Waals surface area contributed by atoms with Gasteiger partial charge in [-0.2, -0.15) is 0 Å². The Morgan fingerprint density at radius 1 is 1.09 bits per heavy atom. The first kappa shape index (κ1) is 20.8. The number of aromatic nitrogens is 1. The lowest BCUT2D eigenvalue weighted by Crippen LogP contribution is -2.38. The first-order valence-electron chi connectivity index (χ1n) is 11.3. The number of rotatable bonds is 6. The molecule has 1 N–H and O–H groups in total. The van der Waals surface area contributed by atoms with Gasteiger partial charge in [-0.05, 0) is 54.7 Å². The quantitative estimate of drug-likeness (QED) is 0.426. The number of hydrogen-bond donors (Lipinski definition) is 1. The molecule has 3 aromatic carbocycles. The summed E-state index contributed by atoms with van der Waals surface area (Å²) >= 11 is 1.76. The van der Waals surface area contributed by atoms with Crippen LogP contribution in [0.5, 0.6) is 5.75 Å². The fourth-order valence-electron chi connectivity index (χ4n) is 4.41. The predicted molar refractivity (Wildman–Crippen MR) is 132 cm³/mol. The van der Waals surface area contributed by atoms with Gasteiger partial charge in [-0.3, -0.25) is 4.79 Å². The van der Waals surface area contributed by atoms with Crippen LogP contribution in [-0.2, 0) is 0 Å². The van der Waals surface area contributed by atoms with Gasteiger partial charge in [0.1, 0.15) is 5.75 Å². The van der Waals surface area contributed by atoms with Gasteiger partial charge >= 0.3 is 0 Å². The van der Waals surface area contributed by atoms with E-state index in [4.69, 9.17) is 9.72 Å². The molecule has 32 heavy (non-hydrogen) atoms. The molecule has 1 fully saturated rings. The smallest absolute Gasteiger partial charge is 0.255 e. The molecule has 1 aliphatic heterocycles. The van der Waals surface area contributed by atoms with Gasteiger partial charge in [-0.1, -0.05) is 53.8 Å². The third-order valence-corrected chi connectivity index (χ3v) is 7.23. The summed E-state index contributed by atoms with van der Waals surface area (Å²) in [6.45, 7) is 5.10. The van der Waals surface area contributed by atoms with E-state index in [0.717, 1.165) is 47.4 Å². The highest BCUT2D eigenvalue weighted by molar-refractivity contribution is 7.22. The zero-order valence-electron chi connectivity index (χ0n) is 18.2. The molecule has 1 aromatic heterocycles. The molecule has 0 unspecified atom stereocenters. The summed E-state index contributed by atoms with van der Waals surface area (Å²) in [7, 11) is 0. The maximum Gasteiger partial charge on any atom is 0.255 e. The highest BCUT2D eigenvalue weighted by atomic mass is 32.1. The van der Waals surface area contributed by atoms with Gasteiger partial charge in [0, 0.05) is 19.6 Å². The van der Waals surface area contributed by atoms with Gasteiger partial charge in [0.05, 0.1) is 22.4 Å². The van der Waals surface area contributed by atoms with Crippen LogP contribution in [0.3, 0.4) is 0 Å². The summed E-state index contributed by atoms with van der Waals surface area (Å²) in [6.07, 6.45) is 2.09. The average Bonchev–Trinajstić information content (AvgIpc) is 3.27. The Morgan fingerprint density at radius 3 is 2.69 bits per heavy atom. The number of nitrogens with one attached hydrogen (secondary N) is 1. The van der Waals surface area contributed by atoms with Crippen molar-refractivity contribution in [2.24, 2.45) is 5.92 Å². The number of amides is 1. The minimum absolute atomic E-state index is 0.0566. The van der Waals surface area contributed by atoms with E-state index in [1.165, 1.54) is 4.70 Å². The van der Waals surface area contributed by atoms with Crippen molar-refractivity contribution in [3.8, 4) is 5.75 Å². The van der Waals surface area contributed by atoms with Crippen LogP contribution in [0.25, 0.3) is 21.0 Å². The third-order valence-electron chi connectivity index (χ3n) is 6.14. The van der Waals surface area contributed by atoms with Gasteiger partial charge in [0.2, 0.25) is 0 Å². The number of nitrogens with zero attached hydrogens (tertiary/aromatic N) is 2. The van der Waals surface area contributed by atoms with Crippen LogP contribution in [0.4, 0.5) is 5.13 Å². The molecule has 5 rings (SSSR count). The molecule has 0 bridgehead atoms. The van der Waals surface area contributed by atoms with Crippen molar-refractivity contribution in [3.05, 3.63) is 66.2 Å². The highest BCUT2D eigenvalue weighted by Crippen LogP contribution is 2.32. The van der Waals surface area contributed by atoms with Crippen LogP contribution in [-0.4, -0.2) is 37.1 Å². The normalized spacial score (nSPS) is 14.7. The number of hydrogen-bond acceptors (Lipinski definition) is 5. The second kappa shape index (κ2) is 9.17. The van der Waals surface area contributed by atoms with Crippen molar-refractivity contribution in [2.75, 3.05) is 31.1 Å². The summed E-state index contributed by atoms with van der Waals surface area (Å²) in [4.78, 5) is 20.3. The largest absolute Gasteiger partial charge is 0.493 e. The number of carbonyl (C=O) groups is 1. The van der Waals surface area contributed by atoms with Gasteiger partial charge < -0.3 is 15.0 Å². The van der Waals surface area contributed by atoms with Crippen molar-refractivity contribution in [3.63, 3.8) is 0 Å². The van der Waals surface area contributed by atoms with Crippen molar-refractivity contribution < 1.29 is 9.53 Å². The number of ether oxygens (including phenoxy) is 1. The summed E-state index contributed by atoms with van der Waals surface area (Å²) < 4.78 is 7.01. The first-order chi connectivity index (χ1) is 15.7. The lowest BCUT2D eigenvalue weighted by molar-refractivity contribution is 0.0943. The molecule has 1 saturated heterocycles. The Bertz CT molecular complexity index is 1210. The Hall–Kier alpha value is -3.12. The molecular formula is C26H27N3O2S. The number of para-hydroxylation sites is 1. The van der Waals surface area contributed by atoms with Gasteiger partial charge in [-0.25, -0.2) is 4.98 Å². The third kappa shape index (κ3) is 4.15. The first-order valence-corrected chi connectivity index (χ1v) is 12.1. The number of fused-ring (bicyclic) bond motifs is 2. The average molecular weight is 446 g/mol. The van der Waals surface area contributed by atoms with Crippen molar-refractivity contribution in [1.29, 1.82) is 0 Å². The van der Waals surface area contributed by atoms with E-state index in [9.17, 15) is 4.79 Å². The number of anilines is 1. The zero-order chi connectivity index (χ0) is 21.9. The second-order valence-corrected chi connectivity index (χ2v) is 9.21. The summed E-state index contributed by atoms with van der Waals surface area (Å²) in [5.41, 5.74) is 1.71. The van der Waals surface area contributed by atoms with Gasteiger partial charge in [0.15, 0.2) is 5.13 Å². The lowest BCUT2D eigenvalue weighted by Gasteiger charge is -2.31. The molecular weight excluding hydrogens is 418 g/mol. The molecule has 2 heterocycles. The Morgan fingerprint density at radius 2 is 1.88 bits per heavy atom. The maximum absolute atomic E-state index is 13.2. The Kier molecular flexibility index (Phi) is 5.95. The SMILES string of the molecule is CCOc1ccc2ccccc2c1C(=O)NCC1CCN(c2nc3ccccc3s2)CC1. The standard InChI is InChI=1S/C26H27N3O2S/c1-2-31-22-12-11-19-7-3-4-8-20(19)24(22)25(30)27-17-18-13-15-29(16-14-18)26-28-21-9-5-6-10-23(21)32-26/h3-12,18H,2,13-17H2,1H3,(H,27,30). The molecule has 0 saturated carbocycles. The monoisotopic (exact) mass is 445 g/mol. The molecule has 6 heteroatoms. The topological polar surface area (TPSA) is 54.5 Å². The zero-order valence-corrected chi connectivity index (χ0v) is 19.0. The lowest BCUT2D eigenvalue weighted by atomic mass is 9.96. The van der Waals surface area contributed by atoms with Crippen LogP contribution in [0.1, 0.15) is 30.1 Å². The number of benzene rings is 3. The van der Waals surface area contributed by atoms with Crippen molar-refractivity contribution >= 4 is 43.4 Å². The molecule has 0 atom stereocenters. The van der Waals surface area contributed by atoms with Crippen LogP contribution in [0.2, 0.25) is 0 Å². The summed E-state index contributed by atoms with van der Waals surface area (Å²) in [5, 5.41) is 6.27. The molecule has 4 aromatic rings. The Balaban J connectivity index is 1.23. The molecule has 5 nitrogen and oxygen atoms in total. The summed E-state index contributed by atoms with van der Waals surface area (Å²) in [6, 6.07) is 20.2. The number of carbonyl (C=O) groups excluding carboxylic acids is 1. The minimum Gasteiger partial charge on any atom is -0.493 e. The molecule has 1 aliphatic rings. The number of thiazole rings is 1. The molecule has 164 valence electrons. The number of piperidine rings is 1. The van der Waals surface area contributed by atoms with Crippen LogP contribution in [0.15, 0.2) is 60.7 Å². The molecule has 1 amide bonds. The van der Waals surface area contributed by atoms with E-state index in [2.05, 4.69) is 28.4 Å². The fraction of sp³-hybridized carbons (Fsp3) is 0.308. The van der Waals surface area contributed by atoms with Crippen LogP contribution < -0.4 is 15.0 Å². The van der Waals surface area contributed by atoms with E-state index in [1.807, 2.05) is 49.4 Å². The van der Waals surface area contributed by atoms with Gasteiger partial charge in [-0.15, -0.1) is 0 Å². The molecule has 0 aliphatic carbocycles. The van der Waals surface area contributed by atoms with E-state index >= 15 is 0 Å². The van der Waals surface area contributed by atoms with Crippen molar-refractivity contribution in [2.45, 2.75) is 19.8 Å². The Labute approximate surface area is 192 Å². The maximum atomic E-state index is 13.2. The van der Waals surface area contributed by atoms with Crippen molar-refractivity contribution in [1.82, 2.24) is 10.3 Å². The van der Waals surface area contributed by atoms with Gasteiger partial charge in [0.25, 0.3) is 5.91 Å². The fourth-order valence-corrected chi connectivity index (χ4v) is 5.43. The summed E-state index contributed by atoms with van der Waals surface area (Å²) in [5.74, 6) is 1.06. The van der Waals surface area contributed by atoms with Crippen LogP contribution in [0, 0.1) is 5.92 Å². The minimum atomic E-state index is -0.0566. The van der Waals surface area contributed by atoms with E-state index in [-0.39, 0.29) is 5.91 Å². The highest BCUT2D eigenvalue weighted by Gasteiger charge is 2.23. The second-order valence-electron chi connectivity index (χ2n) is 8.20.